The number of carbonyl (C=O) groups excluding carboxylic acids is 1. The van der Waals surface area contributed by atoms with Crippen molar-refractivity contribution >= 4 is 22.6 Å². The molecule has 0 bridgehead atoms. The number of anilines is 1. The lowest BCUT2D eigenvalue weighted by atomic mass is 10.0. The Labute approximate surface area is 159 Å². The summed E-state index contributed by atoms with van der Waals surface area (Å²) in [5.74, 6) is -0.0601. The van der Waals surface area contributed by atoms with Gasteiger partial charge in [0.1, 0.15) is 0 Å². The molecule has 3 N–H and O–H groups in total. The SMILES string of the molecule is CCn1ncc2c(NC3CCOCC3)c(C(=O)NC3CCNCC3)cnc21. The Morgan fingerprint density at radius 1 is 1.22 bits per heavy atom. The third-order valence-corrected chi connectivity index (χ3v) is 5.45. The average Bonchev–Trinajstić information content (AvgIpc) is 3.13. The zero-order valence-corrected chi connectivity index (χ0v) is 15.8. The van der Waals surface area contributed by atoms with Gasteiger partial charge >= 0.3 is 0 Å². The summed E-state index contributed by atoms with van der Waals surface area (Å²) in [6, 6.07) is 0.503. The van der Waals surface area contributed by atoms with Gasteiger partial charge in [0.05, 0.1) is 22.8 Å². The quantitative estimate of drug-likeness (QED) is 0.737. The molecule has 8 nitrogen and oxygen atoms in total. The predicted octanol–water partition coefficient (Wildman–Crippen LogP) is 1.52. The molecular weight excluding hydrogens is 344 g/mol. The number of rotatable bonds is 5. The van der Waals surface area contributed by atoms with Crippen molar-refractivity contribution in [3.05, 3.63) is 18.0 Å². The third kappa shape index (κ3) is 3.91. The van der Waals surface area contributed by atoms with Crippen LogP contribution in [0.5, 0.6) is 0 Å². The summed E-state index contributed by atoms with van der Waals surface area (Å²) in [5, 5.41) is 15.5. The average molecular weight is 372 g/mol. The van der Waals surface area contributed by atoms with E-state index in [9.17, 15) is 4.79 Å². The Kier molecular flexibility index (Phi) is 5.54. The van der Waals surface area contributed by atoms with Crippen molar-refractivity contribution in [1.82, 2.24) is 25.4 Å². The van der Waals surface area contributed by atoms with E-state index >= 15 is 0 Å². The lowest BCUT2D eigenvalue weighted by Gasteiger charge is -2.27. The van der Waals surface area contributed by atoms with Crippen molar-refractivity contribution in [3.63, 3.8) is 0 Å². The number of aromatic nitrogens is 3. The Bertz CT molecular complexity index is 793. The predicted molar refractivity (Wildman–Crippen MR) is 104 cm³/mol. The van der Waals surface area contributed by atoms with Gasteiger partial charge in [-0.2, -0.15) is 5.10 Å². The molecule has 0 atom stereocenters. The molecule has 2 aromatic rings. The summed E-state index contributed by atoms with van der Waals surface area (Å²) < 4.78 is 7.33. The molecule has 2 saturated heterocycles. The maximum absolute atomic E-state index is 13.0. The first kappa shape index (κ1) is 18.2. The normalized spacial score (nSPS) is 19.3. The van der Waals surface area contributed by atoms with E-state index < -0.39 is 0 Å². The summed E-state index contributed by atoms with van der Waals surface area (Å²) in [5.41, 5.74) is 2.26. The monoisotopic (exact) mass is 372 g/mol. The number of nitrogens with one attached hydrogen (secondary N) is 3. The smallest absolute Gasteiger partial charge is 0.255 e. The van der Waals surface area contributed by atoms with E-state index in [-0.39, 0.29) is 11.9 Å². The number of nitrogens with zero attached hydrogens (tertiary/aromatic N) is 3. The highest BCUT2D eigenvalue weighted by molar-refractivity contribution is 6.06. The highest BCUT2D eigenvalue weighted by atomic mass is 16.5. The van der Waals surface area contributed by atoms with E-state index in [1.807, 2.05) is 17.8 Å². The van der Waals surface area contributed by atoms with Gasteiger partial charge in [0, 0.05) is 38.0 Å². The van der Waals surface area contributed by atoms with Crippen LogP contribution in [-0.4, -0.2) is 59.1 Å². The minimum atomic E-state index is -0.0601. The van der Waals surface area contributed by atoms with Crippen LogP contribution in [0.2, 0.25) is 0 Å². The van der Waals surface area contributed by atoms with Crippen LogP contribution in [0.4, 0.5) is 5.69 Å². The van der Waals surface area contributed by atoms with Crippen LogP contribution in [0.15, 0.2) is 12.4 Å². The summed E-state index contributed by atoms with van der Waals surface area (Å²) in [4.78, 5) is 17.6. The van der Waals surface area contributed by atoms with Crippen molar-refractivity contribution in [1.29, 1.82) is 0 Å². The standard InChI is InChI=1S/C19H28N6O2/c1-2-25-18-15(12-22-25)17(23-14-5-9-27-10-6-14)16(11-21-18)19(26)24-13-3-7-20-8-4-13/h11-14,20H,2-10H2,1H3,(H,21,23)(H,24,26). The molecule has 0 saturated carbocycles. The molecule has 0 spiro atoms. The van der Waals surface area contributed by atoms with Gasteiger partial charge in [-0.25, -0.2) is 9.67 Å². The van der Waals surface area contributed by atoms with E-state index in [0.717, 1.165) is 75.3 Å². The van der Waals surface area contributed by atoms with Gasteiger partial charge in [0.2, 0.25) is 0 Å². The number of amides is 1. The second-order valence-corrected chi connectivity index (χ2v) is 7.27. The summed E-state index contributed by atoms with van der Waals surface area (Å²) in [6.45, 7) is 6.16. The Balaban J connectivity index is 1.65. The maximum atomic E-state index is 13.0. The fourth-order valence-corrected chi connectivity index (χ4v) is 3.86. The minimum Gasteiger partial charge on any atom is -0.381 e. The largest absolute Gasteiger partial charge is 0.381 e. The van der Waals surface area contributed by atoms with Crippen LogP contribution >= 0.6 is 0 Å². The van der Waals surface area contributed by atoms with Crippen molar-refractivity contribution in [3.8, 4) is 0 Å². The van der Waals surface area contributed by atoms with E-state index in [0.29, 0.717) is 11.6 Å². The number of carbonyl (C=O) groups is 1. The van der Waals surface area contributed by atoms with Crippen molar-refractivity contribution in [2.24, 2.45) is 0 Å². The number of fused-ring (bicyclic) bond motifs is 1. The highest BCUT2D eigenvalue weighted by Gasteiger charge is 2.24. The lowest BCUT2D eigenvalue weighted by Crippen LogP contribution is -2.43. The molecule has 1 amide bonds. The van der Waals surface area contributed by atoms with E-state index in [2.05, 4.69) is 26.0 Å². The first-order valence-corrected chi connectivity index (χ1v) is 9.96. The van der Waals surface area contributed by atoms with Crippen LogP contribution in [0.25, 0.3) is 11.0 Å². The van der Waals surface area contributed by atoms with Gasteiger partial charge in [-0.3, -0.25) is 4.79 Å². The van der Waals surface area contributed by atoms with Crippen molar-refractivity contribution in [2.75, 3.05) is 31.6 Å². The molecule has 0 aliphatic carbocycles. The third-order valence-electron chi connectivity index (χ3n) is 5.45. The molecule has 2 fully saturated rings. The molecule has 4 heterocycles. The number of pyridine rings is 1. The number of hydrogen-bond acceptors (Lipinski definition) is 6. The Morgan fingerprint density at radius 2 is 2.00 bits per heavy atom. The molecule has 4 rings (SSSR count). The molecule has 8 heteroatoms. The Morgan fingerprint density at radius 3 is 2.74 bits per heavy atom. The second-order valence-electron chi connectivity index (χ2n) is 7.27. The summed E-state index contributed by atoms with van der Waals surface area (Å²) in [7, 11) is 0. The van der Waals surface area contributed by atoms with Gasteiger partial charge in [0.15, 0.2) is 5.65 Å². The number of aryl methyl sites for hydroxylation is 1. The van der Waals surface area contributed by atoms with Gasteiger partial charge in [-0.05, 0) is 45.7 Å². The molecule has 0 aromatic carbocycles. The number of hydrogen-bond donors (Lipinski definition) is 3. The molecule has 2 aliphatic heterocycles. The van der Waals surface area contributed by atoms with Crippen LogP contribution in [0, 0.1) is 0 Å². The van der Waals surface area contributed by atoms with Gasteiger partial charge < -0.3 is 20.7 Å². The van der Waals surface area contributed by atoms with Gasteiger partial charge in [-0.1, -0.05) is 0 Å². The van der Waals surface area contributed by atoms with Crippen molar-refractivity contribution in [2.45, 2.75) is 51.2 Å². The zero-order valence-electron chi connectivity index (χ0n) is 15.8. The lowest BCUT2D eigenvalue weighted by molar-refractivity contribution is 0.0903. The summed E-state index contributed by atoms with van der Waals surface area (Å²) in [6.07, 6.45) is 7.28. The van der Waals surface area contributed by atoms with Crippen LogP contribution in [0.1, 0.15) is 43.0 Å². The molecular formula is C19H28N6O2. The highest BCUT2D eigenvalue weighted by Crippen LogP contribution is 2.28. The maximum Gasteiger partial charge on any atom is 0.255 e. The molecule has 2 aromatic heterocycles. The van der Waals surface area contributed by atoms with E-state index in [1.165, 1.54) is 0 Å². The first-order valence-electron chi connectivity index (χ1n) is 9.96. The molecule has 27 heavy (non-hydrogen) atoms. The van der Waals surface area contributed by atoms with Crippen LogP contribution in [0.3, 0.4) is 0 Å². The molecule has 2 aliphatic rings. The second kappa shape index (κ2) is 8.22. The molecule has 0 radical (unpaired) electrons. The van der Waals surface area contributed by atoms with Gasteiger partial charge in [0.25, 0.3) is 5.91 Å². The first-order chi connectivity index (χ1) is 13.3. The molecule has 146 valence electrons. The summed E-state index contributed by atoms with van der Waals surface area (Å²) >= 11 is 0. The number of ether oxygens (including phenoxy) is 1. The number of piperidine rings is 1. The zero-order chi connectivity index (χ0) is 18.6. The van der Waals surface area contributed by atoms with E-state index in [4.69, 9.17) is 4.74 Å². The Hall–Kier alpha value is -2.19. The molecule has 0 unspecified atom stereocenters. The van der Waals surface area contributed by atoms with Crippen LogP contribution in [-0.2, 0) is 11.3 Å². The minimum absolute atomic E-state index is 0.0601. The van der Waals surface area contributed by atoms with Crippen LogP contribution < -0.4 is 16.0 Å². The van der Waals surface area contributed by atoms with Crippen molar-refractivity contribution < 1.29 is 9.53 Å². The fraction of sp³-hybridized carbons (Fsp3) is 0.632. The topological polar surface area (TPSA) is 93.1 Å². The van der Waals surface area contributed by atoms with E-state index in [1.54, 1.807) is 6.20 Å². The van der Waals surface area contributed by atoms with Gasteiger partial charge in [-0.15, -0.1) is 0 Å². The fourth-order valence-electron chi connectivity index (χ4n) is 3.86.